The number of nitrogens with one attached hydrogen (secondary N) is 2. The van der Waals surface area contributed by atoms with Crippen LogP contribution in [0.5, 0.6) is 0 Å². The standard InChI is InChI=1S/C13H12N6S/c1-4-10(20-9-1)11(18-12-14-5-2-6-15-12)19-13-16-7-3-8-17-13/h1-9,11H,(H,14,15,18)(H,16,17,19). The van der Waals surface area contributed by atoms with Crippen LogP contribution in [0.4, 0.5) is 11.9 Å². The molecule has 0 unspecified atom stereocenters. The van der Waals surface area contributed by atoms with Crippen LogP contribution in [0, 0.1) is 0 Å². The van der Waals surface area contributed by atoms with Gasteiger partial charge in [0.25, 0.3) is 0 Å². The SMILES string of the molecule is c1cnc(NC(Nc2ncccn2)c2cccs2)nc1. The summed E-state index contributed by atoms with van der Waals surface area (Å²) in [6.07, 6.45) is 6.60. The van der Waals surface area contributed by atoms with E-state index in [9.17, 15) is 0 Å². The van der Waals surface area contributed by atoms with E-state index >= 15 is 0 Å². The normalized spacial score (nSPS) is 10.4. The van der Waals surface area contributed by atoms with Gasteiger partial charge in [0.2, 0.25) is 11.9 Å². The van der Waals surface area contributed by atoms with Crippen molar-refractivity contribution in [1.29, 1.82) is 0 Å². The number of nitrogens with zero attached hydrogens (tertiary/aromatic N) is 4. The highest BCUT2D eigenvalue weighted by Gasteiger charge is 2.14. The van der Waals surface area contributed by atoms with Crippen LogP contribution in [0.2, 0.25) is 0 Å². The molecular weight excluding hydrogens is 272 g/mol. The molecular formula is C13H12N6S. The van der Waals surface area contributed by atoms with E-state index in [0.717, 1.165) is 4.88 Å². The van der Waals surface area contributed by atoms with Crippen LogP contribution in [-0.2, 0) is 0 Å². The second kappa shape index (κ2) is 6.07. The van der Waals surface area contributed by atoms with Crippen molar-refractivity contribution in [2.75, 3.05) is 10.6 Å². The average Bonchev–Trinajstić information content (AvgIpc) is 3.03. The molecule has 0 aliphatic heterocycles. The first-order valence-electron chi connectivity index (χ1n) is 6.02. The fraction of sp³-hybridized carbons (Fsp3) is 0.0769. The predicted molar refractivity (Wildman–Crippen MR) is 78.4 cm³/mol. The monoisotopic (exact) mass is 284 g/mol. The molecule has 3 heterocycles. The van der Waals surface area contributed by atoms with Crippen LogP contribution in [0.25, 0.3) is 0 Å². The molecule has 0 saturated carbocycles. The summed E-state index contributed by atoms with van der Waals surface area (Å²) < 4.78 is 0. The van der Waals surface area contributed by atoms with Crippen LogP contribution in [-0.4, -0.2) is 19.9 Å². The van der Waals surface area contributed by atoms with Gasteiger partial charge in [-0.15, -0.1) is 11.3 Å². The molecule has 0 saturated heterocycles. The Hall–Kier alpha value is -2.54. The maximum absolute atomic E-state index is 4.17. The highest BCUT2D eigenvalue weighted by atomic mass is 32.1. The van der Waals surface area contributed by atoms with Crippen molar-refractivity contribution in [1.82, 2.24) is 19.9 Å². The third-order valence-electron chi connectivity index (χ3n) is 2.51. The molecule has 7 heteroatoms. The van der Waals surface area contributed by atoms with E-state index in [1.165, 1.54) is 0 Å². The summed E-state index contributed by atoms with van der Waals surface area (Å²) in [5.74, 6) is 1.10. The largest absolute Gasteiger partial charge is 0.329 e. The molecule has 0 fully saturated rings. The van der Waals surface area contributed by atoms with Crippen LogP contribution in [0.15, 0.2) is 54.4 Å². The zero-order valence-electron chi connectivity index (χ0n) is 10.5. The lowest BCUT2D eigenvalue weighted by atomic mass is 10.4. The summed E-state index contributed by atoms with van der Waals surface area (Å²) in [5.41, 5.74) is 0. The molecule has 0 radical (unpaired) electrons. The number of hydrogen-bond donors (Lipinski definition) is 2. The highest BCUT2D eigenvalue weighted by Crippen LogP contribution is 2.22. The van der Waals surface area contributed by atoms with Crippen molar-refractivity contribution in [3.63, 3.8) is 0 Å². The Morgan fingerprint density at radius 3 is 1.80 bits per heavy atom. The lowest BCUT2D eigenvalue weighted by Gasteiger charge is -2.18. The second-order valence-corrected chi connectivity index (χ2v) is 4.86. The smallest absolute Gasteiger partial charge is 0.224 e. The first-order chi connectivity index (χ1) is 9.92. The summed E-state index contributed by atoms with van der Waals surface area (Å²) >= 11 is 1.63. The van der Waals surface area contributed by atoms with Gasteiger partial charge in [-0.2, -0.15) is 0 Å². The molecule has 0 aromatic carbocycles. The van der Waals surface area contributed by atoms with Crippen molar-refractivity contribution < 1.29 is 0 Å². The van der Waals surface area contributed by atoms with E-state index in [2.05, 4.69) is 30.6 Å². The first-order valence-corrected chi connectivity index (χ1v) is 6.90. The van der Waals surface area contributed by atoms with Gasteiger partial charge in [0.1, 0.15) is 6.17 Å². The van der Waals surface area contributed by atoms with E-state index in [4.69, 9.17) is 0 Å². The Kier molecular flexibility index (Phi) is 3.79. The molecule has 0 aliphatic carbocycles. The van der Waals surface area contributed by atoms with Gasteiger partial charge >= 0.3 is 0 Å². The van der Waals surface area contributed by atoms with Gasteiger partial charge in [0.05, 0.1) is 0 Å². The fourth-order valence-corrected chi connectivity index (χ4v) is 2.36. The van der Waals surface area contributed by atoms with Crippen molar-refractivity contribution in [2.45, 2.75) is 6.17 Å². The Morgan fingerprint density at radius 1 is 0.800 bits per heavy atom. The third-order valence-corrected chi connectivity index (χ3v) is 3.44. The maximum atomic E-state index is 4.17. The lowest BCUT2D eigenvalue weighted by Crippen LogP contribution is -2.21. The van der Waals surface area contributed by atoms with Crippen LogP contribution in [0.3, 0.4) is 0 Å². The number of anilines is 2. The molecule has 0 atom stereocenters. The van der Waals surface area contributed by atoms with Gasteiger partial charge in [-0.25, -0.2) is 19.9 Å². The number of aromatic nitrogens is 4. The summed E-state index contributed by atoms with van der Waals surface area (Å²) in [5, 5.41) is 8.47. The fourth-order valence-electron chi connectivity index (χ4n) is 1.64. The molecule has 100 valence electrons. The minimum Gasteiger partial charge on any atom is -0.329 e. The Labute approximate surface area is 120 Å². The van der Waals surface area contributed by atoms with Crippen molar-refractivity contribution in [3.05, 3.63) is 59.3 Å². The first kappa shape index (κ1) is 12.5. The van der Waals surface area contributed by atoms with Gasteiger partial charge in [-0.3, -0.25) is 0 Å². The number of hydrogen-bond acceptors (Lipinski definition) is 7. The van der Waals surface area contributed by atoms with E-state index in [1.807, 2.05) is 17.5 Å². The van der Waals surface area contributed by atoms with Gasteiger partial charge in [0, 0.05) is 29.7 Å². The van der Waals surface area contributed by atoms with Gasteiger partial charge < -0.3 is 10.6 Å². The van der Waals surface area contributed by atoms with Crippen LogP contribution in [0.1, 0.15) is 11.0 Å². The van der Waals surface area contributed by atoms with Crippen molar-refractivity contribution in [3.8, 4) is 0 Å². The van der Waals surface area contributed by atoms with E-state index in [-0.39, 0.29) is 6.17 Å². The Bertz CT molecular complexity index is 587. The van der Waals surface area contributed by atoms with Crippen LogP contribution < -0.4 is 10.6 Å². The average molecular weight is 284 g/mol. The molecule has 0 spiro atoms. The Balaban J connectivity index is 1.81. The van der Waals surface area contributed by atoms with E-state index < -0.39 is 0 Å². The minimum atomic E-state index is -0.181. The third kappa shape index (κ3) is 3.07. The quantitative estimate of drug-likeness (QED) is 0.701. The Morgan fingerprint density at radius 2 is 1.35 bits per heavy atom. The van der Waals surface area contributed by atoms with Gasteiger partial charge in [-0.1, -0.05) is 6.07 Å². The summed E-state index contributed by atoms with van der Waals surface area (Å²) in [7, 11) is 0. The second-order valence-electron chi connectivity index (χ2n) is 3.88. The van der Waals surface area contributed by atoms with Crippen molar-refractivity contribution >= 4 is 23.2 Å². The highest BCUT2D eigenvalue weighted by molar-refractivity contribution is 7.10. The maximum Gasteiger partial charge on any atom is 0.224 e. The number of thiophene rings is 1. The molecule has 3 aromatic rings. The zero-order valence-corrected chi connectivity index (χ0v) is 11.3. The predicted octanol–water partition coefficient (Wildman–Crippen LogP) is 2.55. The summed E-state index contributed by atoms with van der Waals surface area (Å²) in [6.45, 7) is 0. The molecule has 3 rings (SSSR count). The summed E-state index contributed by atoms with van der Waals surface area (Å²) in [6, 6.07) is 7.58. The van der Waals surface area contributed by atoms with Crippen LogP contribution >= 0.6 is 11.3 Å². The molecule has 3 aromatic heterocycles. The topological polar surface area (TPSA) is 75.6 Å². The minimum absolute atomic E-state index is 0.181. The molecule has 0 bridgehead atoms. The van der Waals surface area contributed by atoms with Gasteiger partial charge in [0.15, 0.2) is 0 Å². The molecule has 0 amide bonds. The molecule has 20 heavy (non-hydrogen) atoms. The lowest BCUT2D eigenvalue weighted by molar-refractivity contribution is 0.873. The molecule has 6 nitrogen and oxygen atoms in total. The van der Waals surface area contributed by atoms with Gasteiger partial charge in [-0.05, 0) is 23.6 Å². The van der Waals surface area contributed by atoms with E-state index in [0.29, 0.717) is 11.9 Å². The molecule has 2 N–H and O–H groups in total. The van der Waals surface area contributed by atoms with E-state index in [1.54, 1.807) is 48.3 Å². The van der Waals surface area contributed by atoms with Crippen molar-refractivity contribution in [2.24, 2.45) is 0 Å². The number of rotatable bonds is 5. The molecule has 0 aliphatic rings. The zero-order chi connectivity index (χ0) is 13.6. The summed E-state index contributed by atoms with van der Waals surface area (Å²) in [4.78, 5) is 17.8.